The zero-order valence-electron chi connectivity index (χ0n) is 15.8. The smallest absolute Gasteiger partial charge is 0.335 e. The lowest BCUT2D eigenvalue weighted by Gasteiger charge is -2.09. The van der Waals surface area contributed by atoms with Crippen LogP contribution < -0.4 is 5.32 Å². The highest BCUT2D eigenvalue weighted by Gasteiger charge is 2.12. The number of amides is 1. The number of carboxylic acid groups (broad SMARTS) is 1. The first-order chi connectivity index (χ1) is 14.0. The van der Waals surface area contributed by atoms with Crippen molar-refractivity contribution in [1.29, 1.82) is 5.26 Å². The van der Waals surface area contributed by atoms with Crippen molar-refractivity contribution < 1.29 is 14.7 Å². The molecule has 2 N–H and O–H groups in total. The number of carbonyl (C=O) groups is 2. The molecule has 0 aliphatic heterocycles. The van der Waals surface area contributed by atoms with Gasteiger partial charge in [-0.15, -0.1) is 0 Å². The SMILES string of the molecule is CCc1ccc(NC(=O)/C(C#N)=C\c2cccn2-c2cccc(C(=O)O)c2)cc1. The summed E-state index contributed by atoms with van der Waals surface area (Å²) in [4.78, 5) is 23.7. The van der Waals surface area contributed by atoms with Gasteiger partial charge in [0.15, 0.2) is 0 Å². The fourth-order valence-electron chi connectivity index (χ4n) is 2.85. The highest BCUT2D eigenvalue weighted by molar-refractivity contribution is 6.09. The first-order valence-electron chi connectivity index (χ1n) is 9.05. The molecule has 6 nitrogen and oxygen atoms in total. The van der Waals surface area contributed by atoms with E-state index >= 15 is 0 Å². The maximum atomic E-state index is 12.5. The minimum atomic E-state index is -1.03. The number of anilines is 1. The van der Waals surface area contributed by atoms with E-state index in [0.717, 1.165) is 12.0 Å². The molecule has 3 rings (SSSR count). The number of rotatable bonds is 6. The van der Waals surface area contributed by atoms with Crippen LogP contribution in [0.4, 0.5) is 5.69 Å². The Morgan fingerprint density at radius 2 is 1.90 bits per heavy atom. The molecule has 6 heteroatoms. The normalized spacial score (nSPS) is 11.0. The fraction of sp³-hybridized carbons (Fsp3) is 0.0870. The molecule has 0 bridgehead atoms. The van der Waals surface area contributed by atoms with Crippen LogP contribution >= 0.6 is 0 Å². The summed E-state index contributed by atoms with van der Waals surface area (Å²) in [6, 6.07) is 19.3. The van der Waals surface area contributed by atoms with Crippen LogP contribution in [-0.4, -0.2) is 21.6 Å². The molecule has 1 aromatic heterocycles. The molecule has 0 unspecified atom stereocenters. The van der Waals surface area contributed by atoms with Gasteiger partial charge >= 0.3 is 5.97 Å². The zero-order valence-corrected chi connectivity index (χ0v) is 15.8. The van der Waals surface area contributed by atoms with E-state index in [9.17, 15) is 20.0 Å². The maximum absolute atomic E-state index is 12.5. The van der Waals surface area contributed by atoms with E-state index in [1.807, 2.05) is 25.1 Å². The topological polar surface area (TPSA) is 95.1 Å². The predicted octanol–water partition coefficient (Wildman–Crippen LogP) is 4.28. The molecule has 0 saturated heterocycles. The van der Waals surface area contributed by atoms with Gasteiger partial charge in [0.1, 0.15) is 11.6 Å². The van der Waals surface area contributed by atoms with Gasteiger partial charge in [-0.25, -0.2) is 4.79 Å². The number of carbonyl (C=O) groups excluding carboxylic acids is 1. The second-order valence-electron chi connectivity index (χ2n) is 6.33. The van der Waals surface area contributed by atoms with Gasteiger partial charge in [0, 0.05) is 23.3 Å². The number of carboxylic acids is 1. The van der Waals surface area contributed by atoms with E-state index in [0.29, 0.717) is 17.1 Å². The number of benzene rings is 2. The van der Waals surface area contributed by atoms with Crippen molar-refractivity contribution in [3.8, 4) is 11.8 Å². The number of hydrogen-bond acceptors (Lipinski definition) is 3. The van der Waals surface area contributed by atoms with Crippen molar-refractivity contribution in [2.75, 3.05) is 5.32 Å². The van der Waals surface area contributed by atoms with Gasteiger partial charge in [0.25, 0.3) is 5.91 Å². The van der Waals surface area contributed by atoms with E-state index < -0.39 is 11.9 Å². The molecule has 29 heavy (non-hydrogen) atoms. The van der Waals surface area contributed by atoms with E-state index in [1.54, 1.807) is 47.2 Å². The molecule has 0 atom stereocenters. The van der Waals surface area contributed by atoms with Gasteiger partial charge in [-0.05, 0) is 60.5 Å². The third-order valence-corrected chi connectivity index (χ3v) is 4.43. The molecule has 2 aromatic carbocycles. The number of aromatic carboxylic acids is 1. The van der Waals surface area contributed by atoms with Gasteiger partial charge < -0.3 is 15.0 Å². The van der Waals surface area contributed by atoms with Gasteiger partial charge in [-0.2, -0.15) is 5.26 Å². The largest absolute Gasteiger partial charge is 0.478 e. The Balaban J connectivity index is 1.87. The molecule has 1 heterocycles. The summed E-state index contributed by atoms with van der Waals surface area (Å²) >= 11 is 0. The summed E-state index contributed by atoms with van der Waals surface area (Å²) in [6.45, 7) is 2.05. The third kappa shape index (κ3) is 4.60. The number of nitrogens with zero attached hydrogens (tertiary/aromatic N) is 2. The molecule has 0 fully saturated rings. The second kappa shape index (κ2) is 8.72. The molecule has 3 aromatic rings. The van der Waals surface area contributed by atoms with Crippen molar-refractivity contribution >= 4 is 23.6 Å². The van der Waals surface area contributed by atoms with Crippen LogP contribution in [-0.2, 0) is 11.2 Å². The van der Waals surface area contributed by atoms with Crippen molar-refractivity contribution in [2.45, 2.75) is 13.3 Å². The molecule has 0 radical (unpaired) electrons. The summed E-state index contributed by atoms with van der Waals surface area (Å²) in [5.41, 5.74) is 3.06. The first-order valence-corrected chi connectivity index (χ1v) is 9.05. The highest BCUT2D eigenvalue weighted by atomic mass is 16.4. The molecule has 0 aliphatic rings. The van der Waals surface area contributed by atoms with Gasteiger partial charge in [0.2, 0.25) is 0 Å². The summed E-state index contributed by atoms with van der Waals surface area (Å²) < 4.78 is 1.72. The summed E-state index contributed by atoms with van der Waals surface area (Å²) in [7, 11) is 0. The first kappa shape index (κ1) is 19.6. The van der Waals surface area contributed by atoms with E-state index in [-0.39, 0.29) is 11.1 Å². The van der Waals surface area contributed by atoms with Crippen molar-refractivity contribution in [1.82, 2.24) is 4.57 Å². The minimum Gasteiger partial charge on any atom is -0.478 e. The van der Waals surface area contributed by atoms with Crippen LogP contribution in [0.2, 0.25) is 0 Å². The van der Waals surface area contributed by atoms with Crippen LogP contribution in [0.3, 0.4) is 0 Å². The second-order valence-corrected chi connectivity index (χ2v) is 6.33. The standard InChI is InChI=1S/C23H19N3O3/c1-2-16-8-10-19(11-9-16)25-22(27)18(15-24)14-21-7-4-12-26(21)20-6-3-5-17(13-20)23(28)29/h3-14H,2H2,1H3,(H,25,27)(H,28,29)/b18-14-. The van der Waals surface area contributed by atoms with Crippen molar-refractivity contribution in [2.24, 2.45) is 0 Å². The Morgan fingerprint density at radius 3 is 2.55 bits per heavy atom. The lowest BCUT2D eigenvalue weighted by atomic mass is 10.1. The lowest BCUT2D eigenvalue weighted by molar-refractivity contribution is -0.112. The van der Waals surface area contributed by atoms with E-state index in [1.165, 1.54) is 18.2 Å². The Bertz CT molecular complexity index is 1120. The molecule has 1 amide bonds. The Kier molecular flexibility index (Phi) is 5.91. The monoisotopic (exact) mass is 385 g/mol. The van der Waals surface area contributed by atoms with Crippen LogP contribution in [0.25, 0.3) is 11.8 Å². The molecule has 144 valence electrons. The Hall–Kier alpha value is -4.11. The average Bonchev–Trinajstić information content (AvgIpc) is 3.20. The summed E-state index contributed by atoms with van der Waals surface area (Å²) in [5, 5.41) is 21.4. The number of aryl methyl sites for hydroxylation is 1. The number of nitrogens with one attached hydrogen (secondary N) is 1. The quantitative estimate of drug-likeness (QED) is 0.489. The highest BCUT2D eigenvalue weighted by Crippen LogP contribution is 2.18. The molecular weight excluding hydrogens is 366 g/mol. The van der Waals surface area contributed by atoms with Crippen LogP contribution in [0.1, 0.15) is 28.5 Å². The lowest BCUT2D eigenvalue weighted by Crippen LogP contribution is -2.13. The Morgan fingerprint density at radius 1 is 1.14 bits per heavy atom. The molecular formula is C23H19N3O3. The number of hydrogen-bond donors (Lipinski definition) is 2. The number of aromatic nitrogens is 1. The maximum Gasteiger partial charge on any atom is 0.335 e. The van der Waals surface area contributed by atoms with E-state index in [2.05, 4.69) is 5.32 Å². The van der Waals surface area contributed by atoms with Crippen LogP contribution in [0.15, 0.2) is 72.4 Å². The van der Waals surface area contributed by atoms with E-state index in [4.69, 9.17) is 0 Å². The van der Waals surface area contributed by atoms with Crippen LogP contribution in [0, 0.1) is 11.3 Å². The predicted molar refractivity (Wildman–Crippen MR) is 111 cm³/mol. The van der Waals surface area contributed by atoms with Gasteiger partial charge in [-0.3, -0.25) is 4.79 Å². The molecule has 0 spiro atoms. The minimum absolute atomic E-state index is 0.0566. The summed E-state index contributed by atoms with van der Waals surface area (Å²) in [5.74, 6) is -1.54. The third-order valence-electron chi connectivity index (χ3n) is 4.43. The van der Waals surface area contributed by atoms with Crippen LogP contribution in [0.5, 0.6) is 0 Å². The van der Waals surface area contributed by atoms with Crippen molar-refractivity contribution in [3.05, 3.63) is 89.3 Å². The average molecular weight is 385 g/mol. The zero-order chi connectivity index (χ0) is 20.8. The van der Waals surface area contributed by atoms with Gasteiger partial charge in [0.05, 0.1) is 5.56 Å². The van der Waals surface area contributed by atoms with Gasteiger partial charge in [-0.1, -0.05) is 25.1 Å². The van der Waals surface area contributed by atoms with Crippen molar-refractivity contribution in [3.63, 3.8) is 0 Å². The molecule has 0 aliphatic carbocycles. The summed E-state index contributed by atoms with van der Waals surface area (Å²) in [6.07, 6.45) is 4.12. The Labute approximate surface area is 168 Å². The fourth-order valence-corrected chi connectivity index (χ4v) is 2.85. The number of nitriles is 1. The molecule has 0 saturated carbocycles.